The maximum atomic E-state index is 5.86. The number of hydrogen-bond acceptors (Lipinski definition) is 1. The van der Waals surface area contributed by atoms with Gasteiger partial charge >= 0.3 is 0 Å². The van der Waals surface area contributed by atoms with Gasteiger partial charge in [0.25, 0.3) is 0 Å². The zero-order chi connectivity index (χ0) is 9.68. The molecule has 1 atom stereocenters. The fraction of sp³-hybridized carbons (Fsp3) is 0.400. The normalized spacial score (nSPS) is 12.8. The molecule has 1 aromatic carbocycles. The molecule has 1 aromatic rings. The van der Waals surface area contributed by atoms with Gasteiger partial charge in [-0.05, 0) is 24.6 Å². The second-order valence-electron chi connectivity index (χ2n) is 3.07. The van der Waals surface area contributed by atoms with Gasteiger partial charge in [0, 0.05) is 22.9 Å². The lowest BCUT2D eigenvalue weighted by atomic mass is 10.2. The van der Waals surface area contributed by atoms with E-state index in [1.54, 1.807) is 0 Å². The molecule has 1 rings (SSSR count). The predicted molar refractivity (Wildman–Crippen MR) is 61.5 cm³/mol. The van der Waals surface area contributed by atoms with Crippen molar-refractivity contribution in [3.8, 4) is 0 Å². The molecule has 0 aliphatic rings. The summed E-state index contributed by atoms with van der Waals surface area (Å²) >= 11 is 9.27. The number of alkyl halides is 1. The van der Waals surface area contributed by atoms with Crippen molar-refractivity contribution < 1.29 is 0 Å². The lowest BCUT2D eigenvalue weighted by molar-refractivity contribution is 0.598. The highest BCUT2D eigenvalue weighted by Crippen LogP contribution is 2.10. The predicted octanol–water partition coefficient (Wildman–Crippen LogP) is 3.21. The Morgan fingerprint density at radius 3 is 2.92 bits per heavy atom. The van der Waals surface area contributed by atoms with E-state index in [2.05, 4.69) is 34.2 Å². The minimum atomic E-state index is 0.485. The molecule has 0 saturated carbocycles. The van der Waals surface area contributed by atoms with Gasteiger partial charge in [-0.2, -0.15) is 0 Å². The van der Waals surface area contributed by atoms with Crippen LogP contribution in [-0.4, -0.2) is 11.4 Å². The first-order valence-electron chi connectivity index (χ1n) is 4.26. The van der Waals surface area contributed by atoms with E-state index in [1.165, 1.54) is 5.56 Å². The average molecular weight is 263 g/mol. The topological polar surface area (TPSA) is 12.0 Å². The quantitative estimate of drug-likeness (QED) is 0.822. The van der Waals surface area contributed by atoms with E-state index in [-0.39, 0.29) is 0 Å². The number of rotatable bonds is 4. The number of hydrogen-bond donors (Lipinski definition) is 1. The highest BCUT2D eigenvalue weighted by molar-refractivity contribution is 9.09. The van der Waals surface area contributed by atoms with Crippen molar-refractivity contribution in [1.29, 1.82) is 0 Å². The molecule has 0 bridgehead atoms. The van der Waals surface area contributed by atoms with Crippen LogP contribution >= 0.6 is 27.5 Å². The molecule has 72 valence electrons. The van der Waals surface area contributed by atoms with Gasteiger partial charge in [-0.1, -0.05) is 39.7 Å². The van der Waals surface area contributed by atoms with Gasteiger partial charge in [0.15, 0.2) is 0 Å². The second-order valence-corrected chi connectivity index (χ2v) is 4.15. The maximum absolute atomic E-state index is 5.86. The molecule has 0 spiro atoms. The van der Waals surface area contributed by atoms with Crippen molar-refractivity contribution in [2.75, 3.05) is 5.33 Å². The van der Waals surface area contributed by atoms with Gasteiger partial charge in [0.1, 0.15) is 0 Å². The van der Waals surface area contributed by atoms with E-state index in [9.17, 15) is 0 Å². The summed E-state index contributed by atoms with van der Waals surface area (Å²) in [6.07, 6.45) is 0. The van der Waals surface area contributed by atoms with E-state index in [0.717, 1.165) is 16.9 Å². The lowest BCUT2D eigenvalue weighted by Crippen LogP contribution is -2.26. The van der Waals surface area contributed by atoms with Crippen LogP contribution in [-0.2, 0) is 6.54 Å². The average Bonchev–Trinajstić information content (AvgIpc) is 2.14. The van der Waals surface area contributed by atoms with E-state index in [4.69, 9.17) is 11.6 Å². The smallest absolute Gasteiger partial charge is 0.0409 e. The van der Waals surface area contributed by atoms with Crippen molar-refractivity contribution >= 4 is 27.5 Å². The summed E-state index contributed by atoms with van der Waals surface area (Å²) in [6.45, 7) is 3.01. The van der Waals surface area contributed by atoms with E-state index in [1.807, 2.05) is 18.2 Å². The molecular formula is C10H13BrClN. The molecule has 0 aromatic heterocycles. The summed E-state index contributed by atoms with van der Waals surface area (Å²) < 4.78 is 0. The van der Waals surface area contributed by atoms with Crippen LogP contribution in [0.15, 0.2) is 24.3 Å². The Morgan fingerprint density at radius 2 is 2.31 bits per heavy atom. The third-order valence-electron chi connectivity index (χ3n) is 1.78. The van der Waals surface area contributed by atoms with Crippen LogP contribution in [0.5, 0.6) is 0 Å². The highest BCUT2D eigenvalue weighted by atomic mass is 79.9. The second kappa shape index (κ2) is 5.63. The molecule has 0 aliphatic carbocycles. The van der Waals surface area contributed by atoms with Gasteiger partial charge in [-0.3, -0.25) is 0 Å². The maximum Gasteiger partial charge on any atom is 0.0409 e. The van der Waals surface area contributed by atoms with Crippen LogP contribution < -0.4 is 5.32 Å². The molecule has 0 fully saturated rings. The molecule has 1 N–H and O–H groups in total. The largest absolute Gasteiger partial charge is 0.309 e. The Hall–Kier alpha value is -0.0500. The fourth-order valence-corrected chi connectivity index (χ4v) is 1.44. The molecule has 1 unspecified atom stereocenters. The van der Waals surface area contributed by atoms with Crippen molar-refractivity contribution in [3.05, 3.63) is 34.9 Å². The Kier molecular flexibility index (Phi) is 4.78. The summed E-state index contributed by atoms with van der Waals surface area (Å²) in [6, 6.07) is 8.39. The van der Waals surface area contributed by atoms with Crippen molar-refractivity contribution in [3.63, 3.8) is 0 Å². The number of halogens is 2. The minimum Gasteiger partial charge on any atom is -0.309 e. The number of benzene rings is 1. The van der Waals surface area contributed by atoms with Crippen LogP contribution in [0.25, 0.3) is 0 Å². The lowest BCUT2D eigenvalue weighted by Gasteiger charge is -2.10. The molecule has 0 radical (unpaired) electrons. The first-order valence-corrected chi connectivity index (χ1v) is 5.76. The van der Waals surface area contributed by atoms with Crippen LogP contribution in [0.1, 0.15) is 12.5 Å². The molecule has 0 heterocycles. The SMILES string of the molecule is CC(CBr)NCc1cccc(Cl)c1. The molecule has 1 nitrogen and oxygen atoms in total. The Bertz CT molecular complexity index is 265. The molecule has 3 heteroatoms. The van der Waals surface area contributed by atoms with Crippen LogP contribution in [0.2, 0.25) is 5.02 Å². The minimum absolute atomic E-state index is 0.485. The van der Waals surface area contributed by atoms with Gasteiger partial charge < -0.3 is 5.32 Å². The van der Waals surface area contributed by atoms with Crippen molar-refractivity contribution in [1.82, 2.24) is 5.32 Å². The number of nitrogens with one attached hydrogen (secondary N) is 1. The van der Waals surface area contributed by atoms with E-state index in [0.29, 0.717) is 6.04 Å². The zero-order valence-electron chi connectivity index (χ0n) is 7.56. The molecule has 0 amide bonds. The highest BCUT2D eigenvalue weighted by Gasteiger charge is 1.98. The van der Waals surface area contributed by atoms with Gasteiger partial charge in [-0.25, -0.2) is 0 Å². The Labute approximate surface area is 92.6 Å². The first kappa shape index (κ1) is 11.0. The van der Waals surface area contributed by atoms with Crippen molar-refractivity contribution in [2.45, 2.75) is 19.5 Å². The summed E-state index contributed by atoms with van der Waals surface area (Å²) in [5.41, 5.74) is 1.22. The molecule has 0 saturated heterocycles. The first-order chi connectivity index (χ1) is 6.22. The van der Waals surface area contributed by atoms with Crippen molar-refractivity contribution in [2.24, 2.45) is 0 Å². The molecule has 0 aliphatic heterocycles. The third kappa shape index (κ3) is 4.12. The summed E-state index contributed by atoms with van der Waals surface area (Å²) in [5, 5.41) is 5.13. The van der Waals surface area contributed by atoms with Gasteiger partial charge in [-0.15, -0.1) is 0 Å². The third-order valence-corrected chi connectivity index (χ3v) is 2.98. The van der Waals surface area contributed by atoms with Crippen LogP contribution in [0, 0.1) is 0 Å². The molecular weight excluding hydrogens is 249 g/mol. The summed E-state index contributed by atoms with van der Waals surface area (Å²) in [4.78, 5) is 0. The van der Waals surface area contributed by atoms with Gasteiger partial charge in [0.2, 0.25) is 0 Å². The monoisotopic (exact) mass is 261 g/mol. The fourth-order valence-electron chi connectivity index (χ4n) is 0.994. The standard InChI is InChI=1S/C10H13BrClN/c1-8(6-11)13-7-9-3-2-4-10(12)5-9/h2-5,8,13H,6-7H2,1H3. The van der Waals surface area contributed by atoms with Gasteiger partial charge in [0.05, 0.1) is 0 Å². The Morgan fingerprint density at radius 1 is 1.54 bits per heavy atom. The van der Waals surface area contributed by atoms with E-state index < -0.39 is 0 Å². The molecule has 13 heavy (non-hydrogen) atoms. The van der Waals surface area contributed by atoms with E-state index >= 15 is 0 Å². The van der Waals surface area contributed by atoms with Crippen LogP contribution in [0.3, 0.4) is 0 Å². The van der Waals surface area contributed by atoms with Crippen LogP contribution in [0.4, 0.5) is 0 Å². The summed E-state index contributed by atoms with van der Waals surface area (Å²) in [5.74, 6) is 0. The summed E-state index contributed by atoms with van der Waals surface area (Å²) in [7, 11) is 0. The zero-order valence-corrected chi connectivity index (χ0v) is 9.90. The Balaban J connectivity index is 2.45.